The molecule has 0 bridgehead atoms. The Balaban J connectivity index is 1.97. The van der Waals surface area contributed by atoms with Crippen molar-refractivity contribution in [3.05, 3.63) is 54.6 Å². The summed E-state index contributed by atoms with van der Waals surface area (Å²) in [5.41, 5.74) is 2.28. The van der Waals surface area contributed by atoms with Crippen LogP contribution in [-0.4, -0.2) is 18.7 Å². The van der Waals surface area contributed by atoms with Crippen molar-refractivity contribution in [2.24, 2.45) is 0 Å². The molecule has 1 atom stereocenters. The van der Waals surface area contributed by atoms with Crippen molar-refractivity contribution in [3.63, 3.8) is 0 Å². The molecule has 0 unspecified atom stereocenters. The Morgan fingerprint density at radius 3 is 2.22 bits per heavy atom. The van der Waals surface area contributed by atoms with Gasteiger partial charge in [0.15, 0.2) is 6.10 Å². The molecule has 0 aliphatic heterocycles. The van der Waals surface area contributed by atoms with Gasteiger partial charge >= 0.3 is 5.97 Å². The molecule has 0 aromatic heterocycles. The number of ether oxygens (including phenoxy) is 2. The monoisotopic (exact) mass is 312 g/mol. The van der Waals surface area contributed by atoms with Crippen molar-refractivity contribution in [1.29, 1.82) is 0 Å². The van der Waals surface area contributed by atoms with E-state index in [4.69, 9.17) is 9.47 Å². The molecule has 0 heterocycles. The Morgan fingerprint density at radius 1 is 0.957 bits per heavy atom. The van der Waals surface area contributed by atoms with Crippen LogP contribution in [0.3, 0.4) is 0 Å². The second kappa shape index (κ2) is 8.99. The summed E-state index contributed by atoms with van der Waals surface area (Å²) in [7, 11) is 0. The van der Waals surface area contributed by atoms with Crippen LogP contribution in [0.15, 0.2) is 54.6 Å². The highest BCUT2D eigenvalue weighted by atomic mass is 16.6. The van der Waals surface area contributed by atoms with Gasteiger partial charge in [0.2, 0.25) is 0 Å². The van der Waals surface area contributed by atoms with Gasteiger partial charge in [-0.25, -0.2) is 4.79 Å². The second-order valence-corrected chi connectivity index (χ2v) is 5.43. The summed E-state index contributed by atoms with van der Waals surface area (Å²) in [6.45, 7) is 4.45. The van der Waals surface area contributed by atoms with Gasteiger partial charge in [-0.1, -0.05) is 62.7 Å². The maximum Gasteiger partial charge on any atom is 0.347 e. The van der Waals surface area contributed by atoms with Crippen LogP contribution in [0.2, 0.25) is 0 Å². The number of esters is 1. The zero-order valence-electron chi connectivity index (χ0n) is 13.8. The fourth-order valence-corrected chi connectivity index (χ4v) is 2.23. The first-order valence-electron chi connectivity index (χ1n) is 8.23. The molecule has 23 heavy (non-hydrogen) atoms. The molecule has 0 N–H and O–H groups in total. The van der Waals surface area contributed by atoms with E-state index in [-0.39, 0.29) is 5.97 Å². The molecule has 0 aliphatic carbocycles. The third kappa shape index (κ3) is 5.13. The molecule has 0 saturated heterocycles. The van der Waals surface area contributed by atoms with Gasteiger partial charge in [-0.05, 0) is 36.1 Å². The van der Waals surface area contributed by atoms with E-state index in [1.807, 2.05) is 49.4 Å². The molecule has 2 rings (SSSR count). The highest BCUT2D eigenvalue weighted by Gasteiger charge is 2.19. The van der Waals surface area contributed by atoms with Crippen molar-refractivity contribution >= 4 is 5.97 Å². The lowest BCUT2D eigenvalue weighted by atomic mass is 10.1. The number of carbonyl (C=O) groups is 1. The van der Waals surface area contributed by atoms with Gasteiger partial charge in [0.05, 0.1) is 6.61 Å². The van der Waals surface area contributed by atoms with E-state index in [0.717, 1.165) is 24.0 Å². The lowest BCUT2D eigenvalue weighted by Crippen LogP contribution is -2.29. The van der Waals surface area contributed by atoms with E-state index in [1.54, 1.807) is 0 Å². The lowest BCUT2D eigenvalue weighted by molar-refractivity contribution is -0.152. The van der Waals surface area contributed by atoms with Crippen LogP contribution < -0.4 is 4.74 Å². The van der Waals surface area contributed by atoms with Crippen molar-refractivity contribution in [2.45, 2.75) is 39.2 Å². The minimum Gasteiger partial charge on any atom is -0.479 e. The Morgan fingerprint density at radius 2 is 1.61 bits per heavy atom. The minimum atomic E-state index is -0.547. The molecule has 122 valence electrons. The van der Waals surface area contributed by atoms with Gasteiger partial charge in [-0.2, -0.15) is 0 Å². The van der Waals surface area contributed by atoms with Crippen LogP contribution in [0.4, 0.5) is 0 Å². The van der Waals surface area contributed by atoms with Crippen molar-refractivity contribution < 1.29 is 14.3 Å². The van der Waals surface area contributed by atoms with Crippen LogP contribution in [0.1, 0.15) is 33.1 Å². The highest BCUT2D eigenvalue weighted by Crippen LogP contribution is 2.23. The summed E-state index contributed by atoms with van der Waals surface area (Å²) in [6.07, 6.45) is 1.93. The second-order valence-electron chi connectivity index (χ2n) is 5.43. The summed E-state index contributed by atoms with van der Waals surface area (Å²) in [5.74, 6) is 0.400. The van der Waals surface area contributed by atoms with Gasteiger partial charge in [0.1, 0.15) is 5.75 Å². The summed E-state index contributed by atoms with van der Waals surface area (Å²) < 4.78 is 11.0. The molecule has 0 saturated carbocycles. The van der Waals surface area contributed by atoms with Crippen LogP contribution in [0.25, 0.3) is 11.1 Å². The number of rotatable bonds is 8. The molecule has 0 amide bonds. The zero-order valence-corrected chi connectivity index (χ0v) is 13.8. The Hall–Kier alpha value is -2.29. The zero-order chi connectivity index (χ0) is 16.5. The van der Waals surface area contributed by atoms with E-state index in [0.29, 0.717) is 18.8 Å². The number of hydrogen-bond acceptors (Lipinski definition) is 3. The van der Waals surface area contributed by atoms with Crippen LogP contribution in [0.5, 0.6) is 5.75 Å². The van der Waals surface area contributed by atoms with Crippen molar-refractivity contribution in [1.82, 2.24) is 0 Å². The smallest absolute Gasteiger partial charge is 0.347 e. The molecule has 0 spiro atoms. The summed E-state index contributed by atoms with van der Waals surface area (Å²) in [6, 6.07) is 17.9. The molecular weight excluding hydrogens is 288 g/mol. The van der Waals surface area contributed by atoms with Gasteiger partial charge < -0.3 is 9.47 Å². The largest absolute Gasteiger partial charge is 0.479 e. The van der Waals surface area contributed by atoms with E-state index in [2.05, 4.69) is 19.1 Å². The number of hydrogen-bond donors (Lipinski definition) is 0. The minimum absolute atomic E-state index is 0.284. The normalized spacial score (nSPS) is 11.7. The molecule has 3 heteroatoms. The third-order valence-electron chi connectivity index (χ3n) is 3.62. The fourth-order valence-electron chi connectivity index (χ4n) is 2.23. The third-order valence-corrected chi connectivity index (χ3v) is 3.62. The number of carbonyl (C=O) groups excluding carboxylic acids is 1. The number of benzene rings is 2. The fraction of sp³-hybridized carbons (Fsp3) is 0.350. The van der Waals surface area contributed by atoms with Crippen LogP contribution in [0, 0.1) is 0 Å². The Bertz CT molecular complexity index is 590. The van der Waals surface area contributed by atoms with Gasteiger partial charge in [0, 0.05) is 0 Å². The maximum atomic E-state index is 12.0. The Labute approximate surface area is 138 Å². The predicted octanol–water partition coefficient (Wildman–Crippen LogP) is 4.85. The molecule has 0 radical (unpaired) electrons. The first-order chi connectivity index (χ1) is 11.2. The first kappa shape index (κ1) is 17.1. The quantitative estimate of drug-likeness (QED) is 0.516. The van der Waals surface area contributed by atoms with Crippen molar-refractivity contribution in [3.8, 4) is 16.9 Å². The van der Waals surface area contributed by atoms with E-state index >= 15 is 0 Å². The van der Waals surface area contributed by atoms with Crippen LogP contribution in [-0.2, 0) is 9.53 Å². The number of unbranched alkanes of at least 4 members (excludes halogenated alkanes) is 1. The molecule has 2 aromatic carbocycles. The average molecular weight is 312 g/mol. The SMILES string of the molecule is CCCCOC(=O)[C@@H](CC)Oc1ccc(-c2ccccc2)cc1. The lowest BCUT2D eigenvalue weighted by Gasteiger charge is -2.16. The predicted molar refractivity (Wildman–Crippen MR) is 92.5 cm³/mol. The van der Waals surface area contributed by atoms with E-state index in [1.165, 1.54) is 0 Å². The Kier molecular flexibility index (Phi) is 6.67. The van der Waals surface area contributed by atoms with Gasteiger partial charge in [0.25, 0.3) is 0 Å². The van der Waals surface area contributed by atoms with Crippen LogP contribution >= 0.6 is 0 Å². The van der Waals surface area contributed by atoms with E-state index in [9.17, 15) is 4.79 Å². The molecule has 0 fully saturated rings. The topological polar surface area (TPSA) is 35.5 Å². The molecule has 3 nitrogen and oxygen atoms in total. The highest BCUT2D eigenvalue weighted by molar-refractivity contribution is 5.75. The molecule has 0 aliphatic rings. The summed E-state index contributed by atoms with van der Waals surface area (Å²) in [4.78, 5) is 12.0. The van der Waals surface area contributed by atoms with Gasteiger partial charge in [-0.15, -0.1) is 0 Å². The standard InChI is InChI=1S/C20H24O3/c1-3-5-15-22-20(21)19(4-2)23-18-13-11-17(12-14-18)16-9-7-6-8-10-16/h6-14,19H,3-5,15H2,1-2H3/t19-/m1/s1. The molecule has 2 aromatic rings. The van der Waals surface area contributed by atoms with E-state index < -0.39 is 6.10 Å². The summed E-state index contributed by atoms with van der Waals surface area (Å²) in [5, 5.41) is 0. The summed E-state index contributed by atoms with van der Waals surface area (Å²) >= 11 is 0. The average Bonchev–Trinajstić information content (AvgIpc) is 2.61. The molecular formula is C20H24O3. The van der Waals surface area contributed by atoms with Gasteiger partial charge in [-0.3, -0.25) is 0 Å². The van der Waals surface area contributed by atoms with Crippen molar-refractivity contribution in [2.75, 3.05) is 6.61 Å². The first-order valence-corrected chi connectivity index (χ1v) is 8.23. The maximum absolute atomic E-state index is 12.0.